The predicted molar refractivity (Wildman–Crippen MR) is 79.4 cm³/mol. The fourth-order valence-corrected chi connectivity index (χ4v) is 3.00. The van der Waals surface area contributed by atoms with E-state index < -0.39 is 0 Å². The molecule has 2 aliphatic heterocycles. The van der Waals surface area contributed by atoms with Crippen molar-refractivity contribution < 1.29 is 9.53 Å². The second-order valence-corrected chi connectivity index (χ2v) is 5.99. The summed E-state index contributed by atoms with van der Waals surface area (Å²) in [6.45, 7) is 7.65. The Balaban J connectivity index is 1.70. The molecule has 0 saturated carbocycles. The number of hydrogen-bond donors (Lipinski definition) is 0. The smallest absolute Gasteiger partial charge is 0.415 e. The van der Waals surface area contributed by atoms with Crippen LogP contribution in [-0.4, -0.2) is 53.2 Å². The van der Waals surface area contributed by atoms with Gasteiger partial charge in [0.15, 0.2) is 5.82 Å². The second kappa shape index (κ2) is 5.97. The highest BCUT2D eigenvalue weighted by molar-refractivity contribution is 5.87. The predicted octanol–water partition coefficient (Wildman–Crippen LogP) is 2.02. The Morgan fingerprint density at radius 3 is 2.76 bits per heavy atom. The molecular weight excluding hydrogens is 268 g/mol. The SMILES string of the molecule is CC(C)N1CCC[C@@H](c2cnc(N3CCOC3=O)cn2)C1. The van der Waals surface area contributed by atoms with Crippen LogP contribution < -0.4 is 4.90 Å². The lowest BCUT2D eigenvalue weighted by molar-refractivity contribution is 0.166. The molecule has 0 unspecified atom stereocenters. The molecule has 0 spiro atoms. The zero-order chi connectivity index (χ0) is 14.8. The van der Waals surface area contributed by atoms with Gasteiger partial charge >= 0.3 is 6.09 Å². The lowest BCUT2D eigenvalue weighted by Crippen LogP contribution is -2.39. The van der Waals surface area contributed by atoms with E-state index in [-0.39, 0.29) is 6.09 Å². The van der Waals surface area contributed by atoms with Crippen LogP contribution in [0.25, 0.3) is 0 Å². The van der Waals surface area contributed by atoms with Crippen molar-refractivity contribution >= 4 is 11.9 Å². The van der Waals surface area contributed by atoms with Gasteiger partial charge in [-0.1, -0.05) is 0 Å². The molecule has 6 heteroatoms. The van der Waals surface area contributed by atoms with Crippen LogP contribution in [0.1, 0.15) is 38.3 Å². The topological polar surface area (TPSA) is 58.6 Å². The van der Waals surface area contributed by atoms with Gasteiger partial charge in [-0.05, 0) is 33.2 Å². The summed E-state index contributed by atoms with van der Waals surface area (Å²) in [6, 6.07) is 0.569. The van der Waals surface area contributed by atoms with Crippen LogP contribution in [-0.2, 0) is 4.74 Å². The van der Waals surface area contributed by atoms with E-state index in [1.54, 1.807) is 6.20 Å². The molecule has 1 amide bonds. The Hall–Kier alpha value is -1.69. The standard InChI is InChI=1S/C15H22N4O2/c1-11(2)18-5-3-4-12(10-18)13-8-17-14(9-16-13)19-6-7-21-15(19)20/h8-9,11-12H,3-7,10H2,1-2H3/t12-/m1/s1. The van der Waals surface area contributed by atoms with Crippen molar-refractivity contribution in [2.45, 2.75) is 38.6 Å². The summed E-state index contributed by atoms with van der Waals surface area (Å²) in [6.07, 6.45) is 5.53. The van der Waals surface area contributed by atoms with Gasteiger partial charge in [0, 0.05) is 18.5 Å². The summed E-state index contributed by atoms with van der Waals surface area (Å²) in [5, 5.41) is 0. The van der Waals surface area contributed by atoms with Crippen molar-refractivity contribution in [3.8, 4) is 0 Å². The third-order valence-corrected chi connectivity index (χ3v) is 4.30. The van der Waals surface area contributed by atoms with Crippen LogP contribution in [0.2, 0.25) is 0 Å². The maximum atomic E-state index is 11.5. The monoisotopic (exact) mass is 290 g/mol. The maximum Gasteiger partial charge on any atom is 0.415 e. The van der Waals surface area contributed by atoms with E-state index in [2.05, 4.69) is 28.7 Å². The average molecular weight is 290 g/mol. The molecule has 0 aromatic carbocycles. The molecule has 114 valence electrons. The summed E-state index contributed by atoms with van der Waals surface area (Å²) >= 11 is 0. The summed E-state index contributed by atoms with van der Waals surface area (Å²) in [4.78, 5) is 24.5. The van der Waals surface area contributed by atoms with Crippen LogP contribution >= 0.6 is 0 Å². The molecule has 1 atom stereocenters. The van der Waals surface area contributed by atoms with Crippen LogP contribution in [0, 0.1) is 0 Å². The molecule has 0 aliphatic carbocycles. The summed E-state index contributed by atoms with van der Waals surface area (Å²) < 4.78 is 4.92. The Labute approximate surface area is 125 Å². The number of aromatic nitrogens is 2. The first-order chi connectivity index (χ1) is 10.1. The number of hydrogen-bond acceptors (Lipinski definition) is 5. The van der Waals surface area contributed by atoms with Gasteiger partial charge in [-0.3, -0.25) is 9.88 Å². The number of piperidine rings is 1. The lowest BCUT2D eigenvalue weighted by atomic mass is 9.94. The van der Waals surface area contributed by atoms with E-state index in [4.69, 9.17) is 4.74 Å². The minimum atomic E-state index is -0.333. The van der Waals surface area contributed by atoms with E-state index in [0.29, 0.717) is 30.9 Å². The van der Waals surface area contributed by atoms with Gasteiger partial charge < -0.3 is 9.64 Å². The Kier molecular flexibility index (Phi) is 4.05. The molecule has 6 nitrogen and oxygen atoms in total. The highest BCUT2D eigenvalue weighted by Gasteiger charge is 2.27. The molecule has 3 rings (SSSR count). The average Bonchev–Trinajstić information content (AvgIpc) is 2.94. The number of carbonyl (C=O) groups is 1. The van der Waals surface area contributed by atoms with Gasteiger partial charge in [0.2, 0.25) is 0 Å². The molecule has 0 N–H and O–H groups in total. The van der Waals surface area contributed by atoms with Crippen molar-refractivity contribution in [3.63, 3.8) is 0 Å². The number of rotatable bonds is 3. The second-order valence-electron chi connectivity index (χ2n) is 5.99. The minimum absolute atomic E-state index is 0.333. The van der Waals surface area contributed by atoms with Crippen molar-refractivity contribution in [2.75, 3.05) is 31.1 Å². The summed E-state index contributed by atoms with van der Waals surface area (Å²) in [5.74, 6) is 1.02. The highest BCUT2D eigenvalue weighted by atomic mass is 16.6. The summed E-state index contributed by atoms with van der Waals surface area (Å²) in [5.41, 5.74) is 1.02. The van der Waals surface area contributed by atoms with Gasteiger partial charge in [0.1, 0.15) is 6.61 Å². The first-order valence-electron chi connectivity index (χ1n) is 7.65. The van der Waals surface area contributed by atoms with Gasteiger partial charge in [0.05, 0.1) is 24.6 Å². The van der Waals surface area contributed by atoms with E-state index in [0.717, 1.165) is 18.7 Å². The fourth-order valence-electron chi connectivity index (χ4n) is 3.00. The number of carbonyl (C=O) groups excluding carboxylic acids is 1. The van der Waals surface area contributed by atoms with Crippen LogP contribution in [0.15, 0.2) is 12.4 Å². The Morgan fingerprint density at radius 2 is 2.14 bits per heavy atom. The molecule has 2 fully saturated rings. The molecule has 1 aromatic heterocycles. The molecule has 1 aromatic rings. The highest BCUT2D eigenvalue weighted by Crippen LogP contribution is 2.27. The lowest BCUT2D eigenvalue weighted by Gasteiger charge is -2.35. The van der Waals surface area contributed by atoms with Crippen LogP contribution in [0.3, 0.4) is 0 Å². The molecule has 0 radical (unpaired) electrons. The maximum absolute atomic E-state index is 11.5. The zero-order valence-electron chi connectivity index (χ0n) is 12.7. The molecule has 0 bridgehead atoms. The van der Waals surface area contributed by atoms with Gasteiger partial charge in [-0.25, -0.2) is 9.78 Å². The largest absolute Gasteiger partial charge is 0.447 e. The molecule has 2 saturated heterocycles. The van der Waals surface area contributed by atoms with Gasteiger partial charge in [0.25, 0.3) is 0 Å². The number of anilines is 1. The number of nitrogens with zero attached hydrogens (tertiary/aromatic N) is 4. The number of cyclic esters (lactones) is 1. The first-order valence-corrected chi connectivity index (χ1v) is 7.65. The third kappa shape index (κ3) is 3.00. The van der Waals surface area contributed by atoms with Gasteiger partial charge in [-0.15, -0.1) is 0 Å². The van der Waals surface area contributed by atoms with Crippen LogP contribution in [0.5, 0.6) is 0 Å². The minimum Gasteiger partial charge on any atom is -0.447 e. The summed E-state index contributed by atoms with van der Waals surface area (Å²) in [7, 11) is 0. The first kappa shape index (κ1) is 14.3. The van der Waals surface area contributed by atoms with Crippen molar-refractivity contribution in [2.24, 2.45) is 0 Å². The van der Waals surface area contributed by atoms with E-state index >= 15 is 0 Å². The quantitative estimate of drug-likeness (QED) is 0.852. The fraction of sp³-hybridized carbons (Fsp3) is 0.667. The van der Waals surface area contributed by atoms with E-state index in [1.165, 1.54) is 17.9 Å². The number of likely N-dealkylation sites (tertiary alicyclic amines) is 1. The van der Waals surface area contributed by atoms with Gasteiger partial charge in [-0.2, -0.15) is 0 Å². The molecular formula is C15H22N4O2. The van der Waals surface area contributed by atoms with E-state index in [1.807, 2.05) is 6.20 Å². The Bertz CT molecular complexity index is 503. The molecule has 2 aliphatic rings. The van der Waals surface area contributed by atoms with Crippen molar-refractivity contribution in [1.82, 2.24) is 14.9 Å². The number of amides is 1. The Morgan fingerprint density at radius 1 is 1.29 bits per heavy atom. The molecule has 21 heavy (non-hydrogen) atoms. The molecule has 3 heterocycles. The van der Waals surface area contributed by atoms with Crippen LogP contribution in [0.4, 0.5) is 10.6 Å². The third-order valence-electron chi connectivity index (χ3n) is 4.30. The number of ether oxygens (including phenoxy) is 1. The van der Waals surface area contributed by atoms with Crippen molar-refractivity contribution in [3.05, 3.63) is 18.1 Å². The van der Waals surface area contributed by atoms with E-state index in [9.17, 15) is 4.79 Å². The zero-order valence-corrected chi connectivity index (χ0v) is 12.7. The van der Waals surface area contributed by atoms with Crippen molar-refractivity contribution in [1.29, 1.82) is 0 Å². The normalized spacial score (nSPS) is 23.7.